The first kappa shape index (κ1) is 10.9. The lowest BCUT2D eigenvalue weighted by Gasteiger charge is -2.06. The number of pyridine rings is 1. The largest absolute Gasteiger partial charge is 0.357 e. The Morgan fingerprint density at radius 3 is 2.53 bits per heavy atom. The number of rotatable bonds is 0. The molecule has 2 rings (SSSR count). The normalized spacial score (nSPS) is 10.9. The van der Waals surface area contributed by atoms with Gasteiger partial charge in [-0.15, -0.1) is 0 Å². The second-order valence-corrected chi connectivity index (χ2v) is 5.28. The van der Waals surface area contributed by atoms with Crippen LogP contribution in [0.15, 0.2) is 25.9 Å². The van der Waals surface area contributed by atoms with Gasteiger partial charge in [0.1, 0.15) is 0 Å². The molecule has 0 bridgehead atoms. The van der Waals surface area contributed by atoms with E-state index in [1.165, 1.54) is 0 Å². The fraction of sp³-hybridized carbons (Fsp3) is 0.182. The molecule has 2 nitrogen and oxygen atoms in total. The number of benzene rings is 1. The first-order valence-corrected chi connectivity index (χ1v) is 6.07. The number of aromatic nitrogens is 1. The molecule has 15 heavy (non-hydrogen) atoms. The van der Waals surface area contributed by atoms with E-state index >= 15 is 0 Å². The Morgan fingerprint density at radius 1 is 1.20 bits per heavy atom. The lowest BCUT2D eigenvalue weighted by atomic mass is 10.1. The third kappa shape index (κ3) is 1.76. The molecule has 2 aromatic rings. The number of aromatic amines is 1. The zero-order chi connectivity index (χ0) is 11.2. The average molecular weight is 331 g/mol. The van der Waals surface area contributed by atoms with Crippen LogP contribution in [0.5, 0.6) is 0 Å². The summed E-state index contributed by atoms with van der Waals surface area (Å²) in [5.41, 5.74) is 2.62. The molecular formula is C11H9Br2NO. The van der Waals surface area contributed by atoms with E-state index in [2.05, 4.69) is 36.8 Å². The van der Waals surface area contributed by atoms with Crippen molar-refractivity contribution < 1.29 is 0 Å². The van der Waals surface area contributed by atoms with Crippen molar-refractivity contribution in [1.82, 2.24) is 4.98 Å². The summed E-state index contributed by atoms with van der Waals surface area (Å²) >= 11 is 6.82. The van der Waals surface area contributed by atoms with Crippen LogP contribution >= 0.6 is 31.9 Å². The molecule has 1 aromatic heterocycles. The minimum Gasteiger partial charge on any atom is -0.357 e. The molecule has 0 aliphatic heterocycles. The number of fused-ring (bicyclic) bond motifs is 1. The van der Waals surface area contributed by atoms with Crippen LogP contribution < -0.4 is 5.43 Å². The van der Waals surface area contributed by atoms with Gasteiger partial charge in [-0.3, -0.25) is 4.79 Å². The highest BCUT2D eigenvalue weighted by atomic mass is 79.9. The number of H-pyrrole nitrogens is 1. The Hall–Kier alpha value is -0.610. The summed E-state index contributed by atoms with van der Waals surface area (Å²) in [6.45, 7) is 3.74. The molecule has 1 N–H and O–H groups in total. The highest BCUT2D eigenvalue weighted by molar-refractivity contribution is 9.11. The molecular weight excluding hydrogens is 322 g/mol. The van der Waals surface area contributed by atoms with E-state index in [1.54, 1.807) is 0 Å². The molecule has 0 aliphatic carbocycles. The lowest BCUT2D eigenvalue weighted by molar-refractivity contribution is 1.17. The summed E-state index contributed by atoms with van der Waals surface area (Å²) < 4.78 is 1.79. The van der Waals surface area contributed by atoms with Gasteiger partial charge in [0.15, 0.2) is 5.43 Å². The summed E-state index contributed by atoms with van der Waals surface area (Å²) in [7, 11) is 0. The van der Waals surface area contributed by atoms with E-state index in [1.807, 2.05) is 26.0 Å². The van der Waals surface area contributed by atoms with Crippen molar-refractivity contribution in [3.63, 3.8) is 0 Å². The topological polar surface area (TPSA) is 32.9 Å². The first-order valence-electron chi connectivity index (χ1n) is 4.49. The van der Waals surface area contributed by atoms with E-state index in [9.17, 15) is 4.79 Å². The van der Waals surface area contributed by atoms with Crippen LogP contribution in [0.25, 0.3) is 10.9 Å². The van der Waals surface area contributed by atoms with Crippen LogP contribution in [0.4, 0.5) is 0 Å². The number of nitrogens with one attached hydrogen (secondary N) is 1. The van der Waals surface area contributed by atoms with Crippen LogP contribution in [0.2, 0.25) is 0 Å². The van der Waals surface area contributed by atoms with Crippen LogP contribution in [-0.4, -0.2) is 4.98 Å². The summed E-state index contributed by atoms with van der Waals surface area (Å²) in [5.74, 6) is 0. The summed E-state index contributed by atoms with van der Waals surface area (Å²) in [6.07, 6.45) is 0. The van der Waals surface area contributed by atoms with E-state index in [0.29, 0.717) is 5.39 Å². The maximum Gasteiger partial charge on any atom is 0.192 e. The van der Waals surface area contributed by atoms with Crippen LogP contribution in [0, 0.1) is 13.8 Å². The molecule has 4 heteroatoms. The molecule has 1 aromatic carbocycles. The molecule has 0 saturated carbocycles. The monoisotopic (exact) mass is 329 g/mol. The van der Waals surface area contributed by atoms with Crippen molar-refractivity contribution >= 4 is 42.8 Å². The van der Waals surface area contributed by atoms with Gasteiger partial charge in [0.25, 0.3) is 0 Å². The molecule has 0 unspecified atom stereocenters. The van der Waals surface area contributed by atoms with Gasteiger partial charge in [-0.05, 0) is 41.9 Å². The van der Waals surface area contributed by atoms with Gasteiger partial charge in [0.05, 0.1) is 5.52 Å². The molecule has 78 valence electrons. The van der Waals surface area contributed by atoms with Gasteiger partial charge in [0, 0.05) is 25.6 Å². The molecule has 0 amide bonds. The van der Waals surface area contributed by atoms with Crippen LogP contribution in [0.1, 0.15) is 11.3 Å². The molecule has 0 radical (unpaired) electrons. The lowest BCUT2D eigenvalue weighted by Crippen LogP contribution is -2.09. The molecule has 0 aliphatic rings. The van der Waals surface area contributed by atoms with Crippen molar-refractivity contribution in [1.29, 1.82) is 0 Å². The standard InChI is InChI=1S/C11H9Br2NO/c1-5-6(2)14-10-8(11(5)15)3-7(12)4-9(10)13/h3-4H,1-2H3,(H,14,15). The fourth-order valence-corrected chi connectivity index (χ4v) is 2.86. The van der Waals surface area contributed by atoms with Gasteiger partial charge in [0.2, 0.25) is 0 Å². The molecule has 0 atom stereocenters. The summed E-state index contributed by atoms with van der Waals surface area (Å²) in [4.78, 5) is 15.2. The average Bonchev–Trinajstić information content (AvgIpc) is 2.17. The van der Waals surface area contributed by atoms with Gasteiger partial charge in [-0.25, -0.2) is 0 Å². The maximum atomic E-state index is 12.0. The first-order chi connectivity index (χ1) is 7.00. The number of halogens is 2. The van der Waals surface area contributed by atoms with Crippen molar-refractivity contribution in [2.45, 2.75) is 13.8 Å². The van der Waals surface area contributed by atoms with Crippen molar-refractivity contribution in [2.24, 2.45) is 0 Å². The van der Waals surface area contributed by atoms with E-state index in [0.717, 1.165) is 25.7 Å². The minimum absolute atomic E-state index is 0.0863. The fourth-order valence-electron chi connectivity index (χ4n) is 1.53. The summed E-state index contributed by atoms with van der Waals surface area (Å²) in [5, 5.41) is 0.708. The Bertz CT molecular complexity index is 602. The van der Waals surface area contributed by atoms with Crippen LogP contribution in [-0.2, 0) is 0 Å². The summed E-state index contributed by atoms with van der Waals surface area (Å²) in [6, 6.07) is 3.76. The van der Waals surface area contributed by atoms with Gasteiger partial charge >= 0.3 is 0 Å². The van der Waals surface area contributed by atoms with E-state index < -0.39 is 0 Å². The Kier molecular flexibility index (Phi) is 2.73. The number of hydrogen-bond acceptors (Lipinski definition) is 1. The van der Waals surface area contributed by atoms with Crippen molar-refractivity contribution in [3.05, 3.63) is 42.6 Å². The Morgan fingerprint density at radius 2 is 1.87 bits per heavy atom. The Balaban J connectivity index is 3.06. The molecule has 0 saturated heterocycles. The van der Waals surface area contributed by atoms with Crippen LogP contribution in [0.3, 0.4) is 0 Å². The third-order valence-electron chi connectivity index (χ3n) is 2.52. The minimum atomic E-state index is 0.0863. The van der Waals surface area contributed by atoms with E-state index in [4.69, 9.17) is 0 Å². The van der Waals surface area contributed by atoms with Gasteiger partial charge in [-0.1, -0.05) is 15.9 Å². The highest BCUT2D eigenvalue weighted by Gasteiger charge is 2.08. The smallest absolute Gasteiger partial charge is 0.192 e. The second-order valence-electron chi connectivity index (χ2n) is 3.51. The number of hydrogen-bond donors (Lipinski definition) is 1. The van der Waals surface area contributed by atoms with Crippen molar-refractivity contribution in [2.75, 3.05) is 0 Å². The molecule has 1 heterocycles. The maximum absolute atomic E-state index is 12.0. The zero-order valence-electron chi connectivity index (χ0n) is 8.32. The highest BCUT2D eigenvalue weighted by Crippen LogP contribution is 2.25. The molecule has 0 fully saturated rings. The van der Waals surface area contributed by atoms with Gasteiger partial charge < -0.3 is 4.98 Å². The van der Waals surface area contributed by atoms with Gasteiger partial charge in [-0.2, -0.15) is 0 Å². The SMILES string of the molecule is Cc1[nH]c2c(Br)cc(Br)cc2c(=O)c1C. The second kappa shape index (κ2) is 3.76. The predicted molar refractivity (Wildman–Crippen MR) is 69.4 cm³/mol. The predicted octanol–water partition coefficient (Wildman–Crippen LogP) is 3.67. The molecule has 0 spiro atoms. The zero-order valence-corrected chi connectivity index (χ0v) is 11.5. The Labute approximate surface area is 104 Å². The quantitative estimate of drug-likeness (QED) is 0.785. The number of aryl methyl sites for hydroxylation is 1. The third-order valence-corrected chi connectivity index (χ3v) is 3.60. The van der Waals surface area contributed by atoms with Crippen molar-refractivity contribution in [3.8, 4) is 0 Å². The van der Waals surface area contributed by atoms with E-state index in [-0.39, 0.29) is 5.43 Å².